The number of carbonyl (C=O) groups excluding carboxylic acids is 2. The second-order valence-electron chi connectivity index (χ2n) is 5.39. The molecule has 1 aliphatic carbocycles. The largest absolute Gasteiger partial charge is 0.335 e. The zero-order valence-electron chi connectivity index (χ0n) is 13.3. The van der Waals surface area contributed by atoms with E-state index < -0.39 is 6.03 Å². The SMILES string of the molecule is CCCSc1nnc(S[C@H](C)C(=O)NC(=O)NC2CCCC2)s1. The topological polar surface area (TPSA) is 84.0 Å². The number of rotatable bonds is 7. The Bertz CT molecular complexity index is 532. The average Bonchev–Trinajstić information content (AvgIpc) is 3.16. The lowest BCUT2D eigenvalue weighted by molar-refractivity contribution is -0.119. The highest BCUT2D eigenvalue weighted by atomic mass is 32.2. The van der Waals surface area contributed by atoms with Crippen molar-refractivity contribution in [3.05, 3.63) is 0 Å². The zero-order valence-corrected chi connectivity index (χ0v) is 15.8. The third-order valence-electron chi connectivity index (χ3n) is 3.39. The number of hydrogen-bond acceptors (Lipinski definition) is 7. The predicted molar refractivity (Wildman–Crippen MR) is 95.2 cm³/mol. The van der Waals surface area contributed by atoms with Gasteiger partial charge in [0, 0.05) is 11.8 Å². The molecular weight excluding hydrogens is 352 g/mol. The average molecular weight is 375 g/mol. The minimum absolute atomic E-state index is 0.201. The summed E-state index contributed by atoms with van der Waals surface area (Å²) in [5.41, 5.74) is 0. The van der Waals surface area contributed by atoms with Gasteiger partial charge < -0.3 is 5.32 Å². The molecule has 128 valence electrons. The van der Waals surface area contributed by atoms with Crippen LogP contribution < -0.4 is 10.6 Å². The molecule has 0 radical (unpaired) electrons. The number of amides is 3. The second-order valence-corrected chi connectivity index (χ2v) is 9.29. The summed E-state index contributed by atoms with van der Waals surface area (Å²) in [6.45, 7) is 3.88. The Morgan fingerprint density at radius 2 is 2.00 bits per heavy atom. The number of imide groups is 1. The first kappa shape index (κ1) is 18.5. The molecule has 1 aliphatic rings. The van der Waals surface area contributed by atoms with Gasteiger partial charge in [-0.25, -0.2) is 4.79 Å². The number of thioether (sulfide) groups is 2. The van der Waals surface area contributed by atoms with Gasteiger partial charge in [0.05, 0.1) is 5.25 Å². The van der Waals surface area contributed by atoms with Crippen molar-refractivity contribution in [2.45, 2.75) is 65.9 Å². The van der Waals surface area contributed by atoms with Crippen LogP contribution in [0, 0.1) is 0 Å². The highest BCUT2D eigenvalue weighted by Gasteiger charge is 2.22. The van der Waals surface area contributed by atoms with Crippen LogP contribution in [0.1, 0.15) is 46.0 Å². The molecule has 6 nitrogen and oxygen atoms in total. The van der Waals surface area contributed by atoms with Gasteiger partial charge in [-0.05, 0) is 26.2 Å². The zero-order chi connectivity index (χ0) is 16.7. The van der Waals surface area contributed by atoms with E-state index in [0.29, 0.717) is 0 Å². The lowest BCUT2D eigenvalue weighted by atomic mass is 10.2. The van der Waals surface area contributed by atoms with E-state index in [1.807, 2.05) is 0 Å². The molecule has 9 heteroatoms. The molecule has 1 fully saturated rings. The van der Waals surface area contributed by atoms with Gasteiger partial charge in [0.25, 0.3) is 0 Å². The van der Waals surface area contributed by atoms with Crippen molar-refractivity contribution in [3.63, 3.8) is 0 Å². The maximum absolute atomic E-state index is 12.1. The Labute approximate surface area is 149 Å². The number of nitrogens with zero attached hydrogens (tertiary/aromatic N) is 2. The highest BCUT2D eigenvalue weighted by molar-refractivity contribution is 8.03. The van der Waals surface area contributed by atoms with Gasteiger partial charge in [-0.3, -0.25) is 10.1 Å². The molecule has 0 aromatic carbocycles. The summed E-state index contributed by atoms with van der Waals surface area (Å²) in [5, 5.41) is 13.0. The minimum atomic E-state index is -0.397. The van der Waals surface area contributed by atoms with E-state index in [9.17, 15) is 9.59 Å². The van der Waals surface area contributed by atoms with Crippen molar-refractivity contribution >= 4 is 46.8 Å². The van der Waals surface area contributed by atoms with Gasteiger partial charge in [-0.1, -0.05) is 54.6 Å². The highest BCUT2D eigenvalue weighted by Crippen LogP contribution is 2.31. The van der Waals surface area contributed by atoms with E-state index >= 15 is 0 Å². The number of nitrogens with one attached hydrogen (secondary N) is 2. The molecule has 0 bridgehead atoms. The first-order chi connectivity index (χ1) is 11.1. The number of carbonyl (C=O) groups is 2. The molecule has 0 spiro atoms. The van der Waals surface area contributed by atoms with E-state index in [1.54, 1.807) is 18.7 Å². The molecule has 1 heterocycles. The quantitative estimate of drug-likeness (QED) is 0.713. The second kappa shape index (κ2) is 9.48. The van der Waals surface area contributed by atoms with Gasteiger partial charge in [0.1, 0.15) is 0 Å². The van der Waals surface area contributed by atoms with Gasteiger partial charge in [0.2, 0.25) is 5.91 Å². The van der Waals surface area contributed by atoms with Crippen molar-refractivity contribution in [1.82, 2.24) is 20.8 Å². The molecule has 1 aromatic rings. The van der Waals surface area contributed by atoms with Crippen LogP contribution in [-0.2, 0) is 4.79 Å². The van der Waals surface area contributed by atoms with Crippen LogP contribution in [0.3, 0.4) is 0 Å². The van der Waals surface area contributed by atoms with Crippen molar-refractivity contribution < 1.29 is 9.59 Å². The molecule has 2 rings (SSSR count). The summed E-state index contributed by atoms with van der Waals surface area (Å²) in [6, 6.07) is -0.196. The van der Waals surface area contributed by atoms with Crippen molar-refractivity contribution in [2.24, 2.45) is 0 Å². The third-order valence-corrected chi connectivity index (χ3v) is 6.84. The van der Waals surface area contributed by atoms with E-state index in [1.165, 1.54) is 23.1 Å². The summed E-state index contributed by atoms with van der Waals surface area (Å²) in [7, 11) is 0. The Morgan fingerprint density at radius 1 is 1.30 bits per heavy atom. The van der Waals surface area contributed by atoms with Gasteiger partial charge in [-0.15, -0.1) is 10.2 Å². The monoisotopic (exact) mass is 374 g/mol. The minimum Gasteiger partial charge on any atom is -0.335 e. The Kier molecular flexibility index (Phi) is 7.64. The molecular formula is C14H22N4O2S3. The lowest BCUT2D eigenvalue weighted by Crippen LogP contribution is -2.45. The lowest BCUT2D eigenvalue weighted by Gasteiger charge is -2.14. The third kappa shape index (κ3) is 6.31. The van der Waals surface area contributed by atoms with Crippen molar-refractivity contribution in [1.29, 1.82) is 0 Å². The summed E-state index contributed by atoms with van der Waals surface area (Å²) < 4.78 is 1.67. The molecule has 0 unspecified atom stereocenters. The first-order valence-corrected chi connectivity index (χ1v) is 10.5. The first-order valence-electron chi connectivity index (χ1n) is 7.82. The maximum atomic E-state index is 12.1. The molecule has 3 amide bonds. The normalized spacial score (nSPS) is 16.3. The molecule has 1 atom stereocenters. The Morgan fingerprint density at radius 3 is 2.70 bits per heavy atom. The maximum Gasteiger partial charge on any atom is 0.321 e. The molecule has 23 heavy (non-hydrogen) atoms. The molecule has 2 N–H and O–H groups in total. The van der Waals surface area contributed by atoms with E-state index in [0.717, 1.165) is 46.5 Å². The molecule has 1 aromatic heterocycles. The Hall–Kier alpha value is -0.800. The fourth-order valence-electron chi connectivity index (χ4n) is 2.20. The summed E-state index contributed by atoms with van der Waals surface area (Å²) in [5.74, 6) is 0.708. The fraction of sp³-hybridized carbons (Fsp3) is 0.714. The number of urea groups is 1. The van der Waals surface area contributed by atoms with E-state index in [4.69, 9.17) is 0 Å². The van der Waals surface area contributed by atoms with Gasteiger partial charge in [-0.2, -0.15) is 0 Å². The number of hydrogen-bond donors (Lipinski definition) is 2. The van der Waals surface area contributed by atoms with Gasteiger partial charge in [0.15, 0.2) is 8.68 Å². The summed E-state index contributed by atoms with van der Waals surface area (Å²) in [6.07, 6.45) is 5.35. The van der Waals surface area contributed by atoms with Crippen molar-refractivity contribution in [3.8, 4) is 0 Å². The smallest absolute Gasteiger partial charge is 0.321 e. The van der Waals surface area contributed by atoms with Crippen LogP contribution in [0.4, 0.5) is 4.79 Å². The predicted octanol–water partition coefficient (Wildman–Crippen LogP) is 3.29. The van der Waals surface area contributed by atoms with Crippen LogP contribution in [0.15, 0.2) is 8.68 Å². The molecule has 1 saturated carbocycles. The van der Waals surface area contributed by atoms with Crippen molar-refractivity contribution in [2.75, 3.05) is 5.75 Å². The molecule has 0 aliphatic heterocycles. The van der Waals surface area contributed by atoms with Crippen LogP contribution >= 0.6 is 34.9 Å². The van der Waals surface area contributed by atoms with Crippen LogP contribution in [0.2, 0.25) is 0 Å². The van der Waals surface area contributed by atoms with E-state index in [-0.39, 0.29) is 17.2 Å². The standard InChI is InChI=1S/C14H22N4O2S3/c1-3-8-21-13-17-18-14(23-13)22-9(2)11(19)16-12(20)15-10-6-4-5-7-10/h9-10H,3-8H2,1-2H3,(H2,15,16,19,20)/t9-/m1/s1. The van der Waals surface area contributed by atoms with Gasteiger partial charge >= 0.3 is 6.03 Å². The Balaban J connectivity index is 1.75. The molecule has 0 saturated heterocycles. The van der Waals surface area contributed by atoms with Crippen LogP contribution in [-0.4, -0.2) is 39.2 Å². The van der Waals surface area contributed by atoms with Crippen LogP contribution in [0.25, 0.3) is 0 Å². The summed E-state index contributed by atoms with van der Waals surface area (Å²) in [4.78, 5) is 23.9. The van der Waals surface area contributed by atoms with Crippen LogP contribution in [0.5, 0.6) is 0 Å². The number of aromatic nitrogens is 2. The van der Waals surface area contributed by atoms with E-state index in [2.05, 4.69) is 27.8 Å². The fourth-order valence-corrected chi connectivity index (χ4v) is 5.29. The summed E-state index contributed by atoms with van der Waals surface area (Å²) >= 11 is 4.49.